The molecular weight excluding hydrogens is 312 g/mol. The number of nitrogens with zero attached hydrogens (tertiary/aromatic N) is 1. The molecule has 1 aromatic carbocycles. The maximum atomic E-state index is 13.2. The molecule has 8 heteroatoms. The number of thioether (sulfide) groups is 1. The second kappa shape index (κ2) is 5.97. The summed E-state index contributed by atoms with van der Waals surface area (Å²) in [5.74, 6) is -3.36. The van der Waals surface area contributed by atoms with Crippen LogP contribution in [0.25, 0.3) is 0 Å². The van der Waals surface area contributed by atoms with Gasteiger partial charge in [0.2, 0.25) is 0 Å². The number of carboxylic acids is 1. The Balaban J connectivity index is 2.34. The van der Waals surface area contributed by atoms with Crippen LogP contribution in [0.15, 0.2) is 12.1 Å². The number of carbonyl (C=O) groups is 2. The minimum atomic E-state index is -1.20. The molecule has 20 heavy (non-hydrogen) atoms. The maximum Gasteiger partial charge on any atom is 0.327 e. The molecule has 0 bridgehead atoms. The molecule has 0 radical (unpaired) electrons. The highest BCUT2D eigenvalue weighted by molar-refractivity contribution is 7.99. The van der Waals surface area contributed by atoms with Gasteiger partial charge in [-0.2, -0.15) is 11.8 Å². The van der Waals surface area contributed by atoms with E-state index in [0.29, 0.717) is 17.9 Å². The first-order chi connectivity index (χ1) is 9.41. The van der Waals surface area contributed by atoms with Crippen LogP contribution in [-0.2, 0) is 4.79 Å². The minimum absolute atomic E-state index is 0.218. The Morgan fingerprint density at radius 3 is 2.65 bits per heavy atom. The van der Waals surface area contributed by atoms with E-state index in [2.05, 4.69) is 0 Å². The van der Waals surface area contributed by atoms with Crippen molar-refractivity contribution in [2.24, 2.45) is 0 Å². The third-order valence-corrected chi connectivity index (χ3v) is 4.25. The lowest BCUT2D eigenvalue weighted by Gasteiger charge is -2.32. The molecule has 1 aromatic rings. The molecule has 1 saturated heterocycles. The average molecular weight is 322 g/mol. The fourth-order valence-electron chi connectivity index (χ4n) is 1.89. The maximum absolute atomic E-state index is 13.2. The van der Waals surface area contributed by atoms with Crippen LogP contribution in [-0.4, -0.2) is 46.0 Å². The smallest absolute Gasteiger partial charge is 0.327 e. The molecule has 1 atom stereocenters. The molecular formula is C12H10ClF2NO3S. The number of hydrogen-bond donors (Lipinski definition) is 1. The van der Waals surface area contributed by atoms with E-state index in [0.717, 1.165) is 4.90 Å². The van der Waals surface area contributed by atoms with E-state index in [4.69, 9.17) is 16.7 Å². The second-order valence-corrected chi connectivity index (χ2v) is 5.73. The van der Waals surface area contributed by atoms with Crippen LogP contribution < -0.4 is 0 Å². The first-order valence-corrected chi connectivity index (χ1v) is 7.21. The Morgan fingerprint density at radius 1 is 1.35 bits per heavy atom. The van der Waals surface area contributed by atoms with E-state index in [-0.39, 0.29) is 22.9 Å². The topological polar surface area (TPSA) is 57.6 Å². The van der Waals surface area contributed by atoms with Crippen LogP contribution in [0.4, 0.5) is 8.78 Å². The quantitative estimate of drug-likeness (QED) is 0.849. The van der Waals surface area contributed by atoms with E-state index >= 15 is 0 Å². The zero-order valence-corrected chi connectivity index (χ0v) is 11.7. The summed E-state index contributed by atoms with van der Waals surface area (Å²) in [4.78, 5) is 24.5. The van der Waals surface area contributed by atoms with Crippen LogP contribution in [0.3, 0.4) is 0 Å². The Morgan fingerprint density at radius 2 is 2.00 bits per heavy atom. The van der Waals surface area contributed by atoms with Gasteiger partial charge in [-0.15, -0.1) is 0 Å². The molecule has 0 aliphatic carbocycles. The highest BCUT2D eigenvalue weighted by atomic mass is 35.5. The molecule has 1 amide bonds. The zero-order chi connectivity index (χ0) is 14.9. The molecule has 0 saturated carbocycles. The van der Waals surface area contributed by atoms with Crippen molar-refractivity contribution in [3.8, 4) is 0 Å². The SMILES string of the molecule is O=C(O)C1CSCCN1C(=O)c1cc(F)c(F)cc1Cl. The van der Waals surface area contributed by atoms with E-state index < -0.39 is 29.6 Å². The van der Waals surface area contributed by atoms with Gasteiger partial charge >= 0.3 is 5.97 Å². The molecule has 1 heterocycles. The summed E-state index contributed by atoms with van der Waals surface area (Å²) in [6, 6.07) is 0.407. The molecule has 1 unspecified atom stereocenters. The van der Waals surface area contributed by atoms with Crippen LogP contribution >= 0.6 is 23.4 Å². The van der Waals surface area contributed by atoms with Crippen molar-refractivity contribution in [2.45, 2.75) is 6.04 Å². The summed E-state index contributed by atoms with van der Waals surface area (Å²) in [6.07, 6.45) is 0. The first-order valence-electron chi connectivity index (χ1n) is 5.68. The normalized spacial score (nSPS) is 18.9. The zero-order valence-electron chi connectivity index (χ0n) is 10.1. The Kier molecular flexibility index (Phi) is 4.49. The van der Waals surface area contributed by atoms with Gasteiger partial charge in [0.25, 0.3) is 5.91 Å². The van der Waals surface area contributed by atoms with Crippen LogP contribution in [0.2, 0.25) is 5.02 Å². The van der Waals surface area contributed by atoms with Crippen molar-refractivity contribution in [3.63, 3.8) is 0 Å². The largest absolute Gasteiger partial charge is 0.480 e. The molecule has 1 N–H and O–H groups in total. The van der Waals surface area contributed by atoms with Gasteiger partial charge in [-0.25, -0.2) is 13.6 Å². The minimum Gasteiger partial charge on any atom is -0.480 e. The van der Waals surface area contributed by atoms with E-state index in [1.807, 2.05) is 0 Å². The summed E-state index contributed by atoms with van der Waals surface area (Å²) >= 11 is 7.15. The Hall–Kier alpha value is -1.34. The van der Waals surface area contributed by atoms with Gasteiger partial charge in [-0.05, 0) is 12.1 Å². The van der Waals surface area contributed by atoms with E-state index in [9.17, 15) is 18.4 Å². The summed E-state index contributed by atoms with van der Waals surface area (Å²) in [6.45, 7) is 0.218. The lowest BCUT2D eigenvalue weighted by atomic mass is 10.1. The summed E-state index contributed by atoms with van der Waals surface area (Å²) < 4.78 is 26.2. The second-order valence-electron chi connectivity index (χ2n) is 4.17. The summed E-state index contributed by atoms with van der Waals surface area (Å²) in [7, 11) is 0. The number of aliphatic carboxylic acids is 1. The molecule has 2 rings (SSSR count). The van der Waals surface area contributed by atoms with Gasteiger partial charge in [0.05, 0.1) is 10.6 Å². The predicted octanol–water partition coefficient (Wildman–Crippen LogP) is 2.26. The molecule has 1 aliphatic rings. The van der Waals surface area contributed by atoms with Crippen molar-refractivity contribution < 1.29 is 23.5 Å². The number of carbonyl (C=O) groups excluding carboxylic acids is 1. The number of carboxylic acid groups (broad SMARTS) is 1. The van der Waals surface area contributed by atoms with Crippen molar-refractivity contribution in [3.05, 3.63) is 34.4 Å². The lowest BCUT2D eigenvalue weighted by Crippen LogP contribution is -2.50. The summed E-state index contributed by atoms with van der Waals surface area (Å²) in [5, 5.41) is 8.86. The standard InChI is InChI=1S/C12H10ClF2NO3S/c13-7-4-9(15)8(14)3-6(7)11(17)16-1-2-20-5-10(16)12(18)19/h3-4,10H,1-2,5H2,(H,18,19). The van der Waals surface area contributed by atoms with Gasteiger partial charge in [0.1, 0.15) is 6.04 Å². The van der Waals surface area contributed by atoms with Gasteiger partial charge < -0.3 is 10.0 Å². The monoisotopic (exact) mass is 321 g/mol. The first kappa shape index (κ1) is 15.1. The Labute approximate surface area is 122 Å². The van der Waals surface area contributed by atoms with Crippen LogP contribution in [0.5, 0.6) is 0 Å². The van der Waals surface area contributed by atoms with Gasteiger partial charge in [-0.3, -0.25) is 4.79 Å². The number of amides is 1. The van der Waals surface area contributed by atoms with Crippen LogP contribution in [0.1, 0.15) is 10.4 Å². The van der Waals surface area contributed by atoms with Crippen molar-refractivity contribution in [1.29, 1.82) is 0 Å². The highest BCUT2D eigenvalue weighted by Crippen LogP contribution is 2.25. The lowest BCUT2D eigenvalue weighted by molar-refractivity contribution is -0.141. The third-order valence-electron chi connectivity index (χ3n) is 2.91. The molecule has 0 spiro atoms. The number of benzene rings is 1. The molecule has 108 valence electrons. The number of rotatable bonds is 2. The highest BCUT2D eigenvalue weighted by Gasteiger charge is 2.34. The number of halogens is 3. The van der Waals surface area contributed by atoms with Gasteiger partial charge in [0, 0.05) is 18.1 Å². The van der Waals surface area contributed by atoms with Crippen LogP contribution in [0, 0.1) is 11.6 Å². The molecule has 1 fully saturated rings. The van der Waals surface area contributed by atoms with E-state index in [1.54, 1.807) is 0 Å². The van der Waals surface area contributed by atoms with Crippen molar-refractivity contribution >= 4 is 35.2 Å². The number of hydrogen-bond acceptors (Lipinski definition) is 3. The van der Waals surface area contributed by atoms with E-state index in [1.165, 1.54) is 11.8 Å². The van der Waals surface area contributed by atoms with Crippen molar-refractivity contribution in [2.75, 3.05) is 18.1 Å². The predicted molar refractivity (Wildman–Crippen MR) is 71.2 cm³/mol. The van der Waals surface area contributed by atoms with Gasteiger partial charge in [0.15, 0.2) is 11.6 Å². The Bertz CT molecular complexity index is 570. The summed E-state index contributed by atoms with van der Waals surface area (Å²) in [5.41, 5.74) is -0.233. The van der Waals surface area contributed by atoms with Crippen molar-refractivity contribution in [1.82, 2.24) is 4.90 Å². The average Bonchev–Trinajstić information content (AvgIpc) is 2.42. The third kappa shape index (κ3) is 2.88. The molecule has 0 aromatic heterocycles. The van der Waals surface area contributed by atoms with Gasteiger partial charge in [-0.1, -0.05) is 11.6 Å². The molecule has 1 aliphatic heterocycles. The fourth-order valence-corrected chi connectivity index (χ4v) is 3.16. The fraction of sp³-hybridized carbons (Fsp3) is 0.333. The molecule has 4 nitrogen and oxygen atoms in total.